The molecule has 0 saturated heterocycles. The summed E-state index contributed by atoms with van der Waals surface area (Å²) in [7, 11) is 1.60. The lowest BCUT2D eigenvalue weighted by Gasteiger charge is -2.09. The summed E-state index contributed by atoms with van der Waals surface area (Å²) in [5.74, 6) is 0.556. The monoisotopic (exact) mass is 263 g/mol. The van der Waals surface area contributed by atoms with Crippen LogP contribution in [0.5, 0.6) is 5.75 Å². The minimum Gasteiger partial charge on any atom is -0.497 e. The molecule has 3 N–H and O–H groups in total. The number of nitrogens with two attached hydrogens (primary N) is 1. The van der Waals surface area contributed by atoms with Crippen molar-refractivity contribution < 1.29 is 19.1 Å². The molecule has 0 aliphatic heterocycles. The Bertz CT molecular complexity index is 576. The summed E-state index contributed by atoms with van der Waals surface area (Å²) in [5.41, 5.74) is 6.42. The first-order valence-electron chi connectivity index (χ1n) is 6.13. The number of ether oxygens (including phenoxy) is 1. The van der Waals surface area contributed by atoms with Gasteiger partial charge in [0.1, 0.15) is 17.1 Å². The number of methoxy groups -OCH3 is 1. The molecule has 5 heteroatoms. The zero-order valence-electron chi connectivity index (χ0n) is 10.8. The second kappa shape index (κ2) is 5.75. The Labute approximate surface area is 111 Å². The Morgan fingerprint density at radius 3 is 2.89 bits per heavy atom. The number of benzene rings is 1. The van der Waals surface area contributed by atoms with E-state index in [9.17, 15) is 4.79 Å². The highest BCUT2D eigenvalue weighted by atomic mass is 16.5. The predicted molar refractivity (Wildman–Crippen MR) is 71.4 cm³/mol. The molecule has 19 heavy (non-hydrogen) atoms. The third kappa shape index (κ3) is 3.06. The Kier molecular flexibility index (Phi) is 4.06. The van der Waals surface area contributed by atoms with Gasteiger partial charge in [-0.25, -0.2) is 0 Å². The van der Waals surface area contributed by atoms with Gasteiger partial charge in [0.2, 0.25) is 0 Å². The maximum absolute atomic E-state index is 10.6. The number of rotatable bonds is 6. The number of carbonyl (C=O) groups is 1. The molecule has 0 spiro atoms. The SMILES string of the molecule is COc1ccc2cc(C(CN)CCC(=O)O)oc2c1. The molecule has 1 heterocycles. The van der Waals surface area contributed by atoms with Gasteiger partial charge in [-0.3, -0.25) is 4.79 Å². The van der Waals surface area contributed by atoms with Crippen LogP contribution < -0.4 is 10.5 Å². The molecule has 0 amide bonds. The summed E-state index contributed by atoms with van der Waals surface area (Å²) in [6.45, 7) is 0.365. The third-order valence-electron chi connectivity index (χ3n) is 3.14. The van der Waals surface area contributed by atoms with Crippen molar-refractivity contribution in [1.82, 2.24) is 0 Å². The van der Waals surface area contributed by atoms with E-state index in [2.05, 4.69) is 0 Å². The first-order chi connectivity index (χ1) is 9.13. The van der Waals surface area contributed by atoms with Crippen LogP contribution in [0.4, 0.5) is 0 Å². The number of hydrogen-bond donors (Lipinski definition) is 2. The van der Waals surface area contributed by atoms with Crippen molar-refractivity contribution in [1.29, 1.82) is 0 Å². The molecule has 2 rings (SSSR count). The number of hydrogen-bond acceptors (Lipinski definition) is 4. The predicted octanol–water partition coefficient (Wildman–Crippen LogP) is 2.35. The minimum absolute atomic E-state index is 0.0745. The van der Waals surface area contributed by atoms with Crippen LogP contribution in [-0.2, 0) is 4.79 Å². The molecule has 0 fully saturated rings. The van der Waals surface area contributed by atoms with E-state index in [1.54, 1.807) is 7.11 Å². The van der Waals surface area contributed by atoms with E-state index in [4.69, 9.17) is 20.0 Å². The second-order valence-corrected chi connectivity index (χ2v) is 4.42. The van der Waals surface area contributed by atoms with Crippen molar-refractivity contribution in [3.63, 3.8) is 0 Å². The van der Waals surface area contributed by atoms with Crippen molar-refractivity contribution in [2.75, 3.05) is 13.7 Å². The largest absolute Gasteiger partial charge is 0.497 e. The highest BCUT2D eigenvalue weighted by Gasteiger charge is 2.16. The van der Waals surface area contributed by atoms with Gasteiger partial charge in [0.05, 0.1) is 7.11 Å². The summed E-state index contributed by atoms with van der Waals surface area (Å²) in [6.07, 6.45) is 0.561. The van der Waals surface area contributed by atoms with Crippen LogP contribution >= 0.6 is 0 Å². The van der Waals surface area contributed by atoms with Crippen LogP contribution in [0.2, 0.25) is 0 Å². The van der Waals surface area contributed by atoms with E-state index in [0.29, 0.717) is 13.0 Å². The van der Waals surface area contributed by atoms with Gasteiger partial charge in [-0.15, -0.1) is 0 Å². The Balaban J connectivity index is 2.25. The normalized spacial score (nSPS) is 12.5. The maximum Gasteiger partial charge on any atom is 0.303 e. The number of furan rings is 1. The molecule has 1 atom stereocenters. The molecule has 2 aromatic rings. The van der Waals surface area contributed by atoms with Crippen molar-refractivity contribution in [3.8, 4) is 5.75 Å². The van der Waals surface area contributed by atoms with E-state index in [1.165, 1.54) is 0 Å². The van der Waals surface area contributed by atoms with Gasteiger partial charge in [0.25, 0.3) is 0 Å². The zero-order chi connectivity index (χ0) is 13.8. The van der Waals surface area contributed by atoms with E-state index < -0.39 is 5.97 Å². The van der Waals surface area contributed by atoms with E-state index in [1.807, 2.05) is 24.3 Å². The molecule has 0 bridgehead atoms. The Morgan fingerprint density at radius 2 is 2.26 bits per heavy atom. The zero-order valence-corrected chi connectivity index (χ0v) is 10.8. The molecule has 102 valence electrons. The highest BCUT2D eigenvalue weighted by molar-refractivity contribution is 5.79. The molecular weight excluding hydrogens is 246 g/mol. The van der Waals surface area contributed by atoms with Crippen LogP contribution in [0.3, 0.4) is 0 Å². The van der Waals surface area contributed by atoms with Gasteiger partial charge in [-0.2, -0.15) is 0 Å². The molecule has 0 saturated carbocycles. The van der Waals surface area contributed by atoms with Gasteiger partial charge in [-0.1, -0.05) is 0 Å². The smallest absolute Gasteiger partial charge is 0.303 e. The number of fused-ring (bicyclic) bond motifs is 1. The lowest BCUT2D eigenvalue weighted by molar-refractivity contribution is -0.137. The van der Waals surface area contributed by atoms with Crippen molar-refractivity contribution in [2.45, 2.75) is 18.8 Å². The quantitative estimate of drug-likeness (QED) is 0.835. The summed E-state index contributed by atoms with van der Waals surface area (Å²) >= 11 is 0. The number of aliphatic carboxylic acids is 1. The van der Waals surface area contributed by atoms with Crippen molar-refractivity contribution >= 4 is 16.9 Å². The summed E-state index contributed by atoms with van der Waals surface area (Å²) in [5, 5.41) is 9.69. The maximum atomic E-state index is 10.6. The topological polar surface area (TPSA) is 85.7 Å². The van der Waals surface area contributed by atoms with Crippen molar-refractivity contribution in [2.24, 2.45) is 5.73 Å². The van der Waals surface area contributed by atoms with Crippen LogP contribution in [-0.4, -0.2) is 24.7 Å². The lowest BCUT2D eigenvalue weighted by atomic mass is 10.0. The highest BCUT2D eigenvalue weighted by Crippen LogP contribution is 2.29. The Morgan fingerprint density at radius 1 is 1.47 bits per heavy atom. The Hall–Kier alpha value is -2.01. The standard InChI is InChI=1S/C14H17NO4/c1-18-11-4-2-9-6-12(19-13(9)7-11)10(8-15)3-5-14(16)17/h2,4,6-7,10H,3,5,8,15H2,1H3,(H,16,17). The van der Waals surface area contributed by atoms with Crippen LogP contribution in [0.15, 0.2) is 28.7 Å². The minimum atomic E-state index is -0.823. The molecule has 1 aromatic heterocycles. The van der Waals surface area contributed by atoms with Gasteiger partial charge in [0, 0.05) is 30.3 Å². The van der Waals surface area contributed by atoms with Crippen LogP contribution in [0.1, 0.15) is 24.5 Å². The number of carboxylic acid groups (broad SMARTS) is 1. The van der Waals surface area contributed by atoms with Crippen LogP contribution in [0, 0.1) is 0 Å². The summed E-state index contributed by atoms with van der Waals surface area (Å²) in [4.78, 5) is 10.6. The average molecular weight is 263 g/mol. The second-order valence-electron chi connectivity index (χ2n) is 4.42. The first-order valence-corrected chi connectivity index (χ1v) is 6.13. The van der Waals surface area contributed by atoms with Gasteiger partial charge >= 0.3 is 5.97 Å². The van der Waals surface area contributed by atoms with Crippen LogP contribution in [0.25, 0.3) is 11.0 Å². The summed E-state index contributed by atoms with van der Waals surface area (Å²) in [6, 6.07) is 7.49. The van der Waals surface area contributed by atoms with E-state index >= 15 is 0 Å². The first kappa shape index (κ1) is 13.4. The molecule has 0 aliphatic carbocycles. The van der Waals surface area contributed by atoms with Gasteiger partial charge < -0.3 is 20.0 Å². The molecule has 0 radical (unpaired) electrons. The molecule has 5 nitrogen and oxygen atoms in total. The fourth-order valence-corrected chi connectivity index (χ4v) is 2.03. The fraction of sp³-hybridized carbons (Fsp3) is 0.357. The molecule has 0 aliphatic rings. The van der Waals surface area contributed by atoms with Gasteiger partial charge in [0.15, 0.2) is 0 Å². The molecule has 1 unspecified atom stereocenters. The number of carboxylic acids is 1. The average Bonchev–Trinajstić information content (AvgIpc) is 2.81. The third-order valence-corrected chi connectivity index (χ3v) is 3.14. The fourth-order valence-electron chi connectivity index (χ4n) is 2.03. The molecule has 1 aromatic carbocycles. The van der Waals surface area contributed by atoms with Gasteiger partial charge in [-0.05, 0) is 24.6 Å². The summed E-state index contributed by atoms with van der Waals surface area (Å²) < 4.78 is 10.9. The van der Waals surface area contributed by atoms with E-state index in [0.717, 1.165) is 22.5 Å². The molecular formula is C14H17NO4. The lowest BCUT2D eigenvalue weighted by Crippen LogP contribution is -2.13. The van der Waals surface area contributed by atoms with Crippen molar-refractivity contribution in [3.05, 3.63) is 30.0 Å². The van der Waals surface area contributed by atoms with E-state index in [-0.39, 0.29) is 12.3 Å².